The van der Waals surface area contributed by atoms with Crippen LogP contribution in [0.2, 0.25) is 0 Å². The van der Waals surface area contributed by atoms with E-state index in [4.69, 9.17) is 19.7 Å². The Hall–Kier alpha value is -0.500. The van der Waals surface area contributed by atoms with Gasteiger partial charge in [0.1, 0.15) is 24.4 Å². The molecule has 0 saturated carbocycles. The van der Waals surface area contributed by atoms with Crippen LogP contribution in [0.4, 0.5) is 0 Å². The van der Waals surface area contributed by atoms with Crippen molar-refractivity contribution in [2.24, 2.45) is 0 Å². The maximum absolute atomic E-state index is 9.52. The van der Waals surface area contributed by atoms with Crippen LogP contribution in [0, 0.1) is 0 Å². The first-order valence-corrected chi connectivity index (χ1v) is 4.64. The van der Waals surface area contributed by atoms with Crippen molar-refractivity contribution in [3.63, 3.8) is 0 Å². The standard InChI is InChI=1S/C9H16O6/c1-2-3-14-4-5(10)8-6(11)7(12)9(13)15-8/h2,5-13H,1,3-4H2/t5-,6-,7-,8+,9+/m1/s1. The molecule has 0 unspecified atom stereocenters. The molecule has 0 aliphatic carbocycles. The van der Waals surface area contributed by atoms with Crippen molar-refractivity contribution >= 4 is 0 Å². The quantitative estimate of drug-likeness (QED) is 0.315. The summed E-state index contributed by atoms with van der Waals surface area (Å²) >= 11 is 0. The Morgan fingerprint density at radius 2 is 2.00 bits per heavy atom. The molecule has 0 aromatic rings. The van der Waals surface area contributed by atoms with E-state index in [0.717, 1.165) is 0 Å². The first kappa shape index (κ1) is 12.6. The number of aliphatic hydroxyl groups excluding tert-OH is 4. The van der Waals surface area contributed by atoms with Crippen molar-refractivity contribution in [1.82, 2.24) is 0 Å². The zero-order valence-corrected chi connectivity index (χ0v) is 8.19. The minimum Gasteiger partial charge on any atom is -0.388 e. The third kappa shape index (κ3) is 2.97. The first-order chi connectivity index (χ1) is 7.07. The van der Waals surface area contributed by atoms with E-state index < -0.39 is 30.7 Å². The normalized spacial score (nSPS) is 37.9. The average molecular weight is 220 g/mol. The predicted octanol–water partition coefficient (Wildman–Crippen LogP) is -2.01. The Bertz CT molecular complexity index is 209. The third-order valence-corrected chi connectivity index (χ3v) is 2.18. The highest BCUT2D eigenvalue weighted by Crippen LogP contribution is 2.22. The molecular weight excluding hydrogens is 204 g/mol. The van der Waals surface area contributed by atoms with Crippen LogP contribution in [0.5, 0.6) is 0 Å². The van der Waals surface area contributed by atoms with Crippen LogP contribution in [-0.4, -0.2) is 64.3 Å². The summed E-state index contributed by atoms with van der Waals surface area (Å²) in [6, 6.07) is 0. The second-order valence-corrected chi connectivity index (χ2v) is 3.37. The summed E-state index contributed by atoms with van der Waals surface area (Å²) in [5, 5.41) is 37.1. The third-order valence-electron chi connectivity index (χ3n) is 2.18. The van der Waals surface area contributed by atoms with Gasteiger partial charge in [-0.05, 0) is 0 Å². The van der Waals surface area contributed by atoms with Crippen LogP contribution in [-0.2, 0) is 9.47 Å². The lowest BCUT2D eigenvalue weighted by Gasteiger charge is -2.20. The van der Waals surface area contributed by atoms with Gasteiger partial charge in [0.25, 0.3) is 0 Å². The zero-order chi connectivity index (χ0) is 11.4. The lowest BCUT2D eigenvalue weighted by molar-refractivity contribution is -0.152. The van der Waals surface area contributed by atoms with E-state index in [9.17, 15) is 10.2 Å². The molecule has 1 saturated heterocycles. The fourth-order valence-electron chi connectivity index (χ4n) is 1.37. The van der Waals surface area contributed by atoms with Crippen LogP contribution < -0.4 is 0 Å². The monoisotopic (exact) mass is 220 g/mol. The lowest BCUT2D eigenvalue weighted by Crippen LogP contribution is -2.41. The van der Waals surface area contributed by atoms with Crippen LogP contribution in [0.1, 0.15) is 0 Å². The van der Waals surface area contributed by atoms with Crippen molar-refractivity contribution < 1.29 is 29.9 Å². The topological polar surface area (TPSA) is 99.4 Å². The van der Waals surface area contributed by atoms with Crippen LogP contribution in [0.3, 0.4) is 0 Å². The maximum Gasteiger partial charge on any atom is 0.184 e. The van der Waals surface area contributed by atoms with E-state index in [2.05, 4.69) is 6.58 Å². The second-order valence-electron chi connectivity index (χ2n) is 3.37. The molecule has 6 heteroatoms. The van der Waals surface area contributed by atoms with Crippen molar-refractivity contribution in [3.05, 3.63) is 12.7 Å². The van der Waals surface area contributed by atoms with Crippen molar-refractivity contribution in [1.29, 1.82) is 0 Å². The number of hydrogen-bond donors (Lipinski definition) is 4. The lowest BCUT2D eigenvalue weighted by atomic mass is 10.1. The molecule has 0 radical (unpaired) electrons. The molecule has 1 heterocycles. The Morgan fingerprint density at radius 1 is 1.33 bits per heavy atom. The van der Waals surface area contributed by atoms with Crippen LogP contribution >= 0.6 is 0 Å². The summed E-state index contributed by atoms with van der Waals surface area (Å²) in [7, 11) is 0. The smallest absolute Gasteiger partial charge is 0.184 e. The summed E-state index contributed by atoms with van der Waals surface area (Å²) in [6.07, 6.45) is -4.82. The summed E-state index contributed by atoms with van der Waals surface area (Å²) in [5.41, 5.74) is 0. The van der Waals surface area contributed by atoms with Gasteiger partial charge in [-0.2, -0.15) is 0 Å². The largest absolute Gasteiger partial charge is 0.388 e. The molecule has 0 spiro atoms. The van der Waals surface area contributed by atoms with E-state index in [-0.39, 0.29) is 13.2 Å². The second kappa shape index (κ2) is 5.55. The molecular formula is C9H16O6. The first-order valence-electron chi connectivity index (χ1n) is 4.64. The van der Waals surface area contributed by atoms with Crippen molar-refractivity contribution in [2.75, 3.05) is 13.2 Å². The van der Waals surface area contributed by atoms with E-state index in [1.54, 1.807) is 0 Å². The average Bonchev–Trinajstić information content (AvgIpc) is 2.46. The number of rotatable bonds is 5. The Labute approximate surface area is 87.4 Å². The number of hydrogen-bond acceptors (Lipinski definition) is 6. The molecule has 0 aromatic heterocycles. The molecule has 5 atom stereocenters. The van der Waals surface area contributed by atoms with E-state index >= 15 is 0 Å². The Morgan fingerprint density at radius 3 is 2.47 bits per heavy atom. The fourth-order valence-corrected chi connectivity index (χ4v) is 1.37. The van der Waals surface area contributed by atoms with Gasteiger partial charge >= 0.3 is 0 Å². The molecule has 1 rings (SSSR count). The van der Waals surface area contributed by atoms with Gasteiger partial charge in [0, 0.05) is 0 Å². The minimum absolute atomic E-state index is 0.0623. The van der Waals surface area contributed by atoms with Gasteiger partial charge in [0.15, 0.2) is 6.29 Å². The van der Waals surface area contributed by atoms with Gasteiger partial charge in [0.05, 0.1) is 13.2 Å². The molecule has 15 heavy (non-hydrogen) atoms. The highest BCUT2D eigenvalue weighted by Gasteiger charge is 2.45. The van der Waals surface area contributed by atoms with E-state index in [1.807, 2.05) is 0 Å². The fraction of sp³-hybridized carbons (Fsp3) is 0.778. The van der Waals surface area contributed by atoms with Gasteiger partial charge in [-0.25, -0.2) is 0 Å². The van der Waals surface area contributed by atoms with E-state index in [0.29, 0.717) is 0 Å². The minimum atomic E-state index is -1.47. The molecule has 0 bridgehead atoms. The highest BCUT2D eigenvalue weighted by molar-refractivity contribution is 4.90. The summed E-state index contributed by atoms with van der Waals surface area (Å²) < 4.78 is 9.73. The van der Waals surface area contributed by atoms with Gasteiger partial charge in [-0.1, -0.05) is 6.08 Å². The van der Waals surface area contributed by atoms with Crippen molar-refractivity contribution in [2.45, 2.75) is 30.7 Å². The molecule has 4 N–H and O–H groups in total. The number of ether oxygens (including phenoxy) is 2. The Kier molecular flexibility index (Phi) is 4.65. The molecule has 0 aromatic carbocycles. The molecule has 1 aliphatic rings. The van der Waals surface area contributed by atoms with Crippen molar-refractivity contribution in [3.8, 4) is 0 Å². The molecule has 88 valence electrons. The molecule has 1 fully saturated rings. The zero-order valence-electron chi connectivity index (χ0n) is 8.19. The highest BCUT2D eigenvalue weighted by atomic mass is 16.7. The van der Waals surface area contributed by atoms with E-state index in [1.165, 1.54) is 6.08 Å². The molecule has 1 aliphatic heterocycles. The SMILES string of the molecule is C=CCOC[C@@H](O)[C@@H]1O[C@H](O)[C@H](O)[C@H]1O. The predicted molar refractivity (Wildman–Crippen MR) is 49.9 cm³/mol. The molecule has 0 amide bonds. The number of aliphatic hydroxyl groups is 4. The van der Waals surface area contributed by atoms with Gasteiger partial charge in [0.2, 0.25) is 0 Å². The molecule has 6 nitrogen and oxygen atoms in total. The Balaban J connectivity index is 2.39. The van der Waals surface area contributed by atoms with Crippen LogP contribution in [0.15, 0.2) is 12.7 Å². The van der Waals surface area contributed by atoms with Crippen LogP contribution in [0.25, 0.3) is 0 Å². The maximum atomic E-state index is 9.52. The van der Waals surface area contributed by atoms with Gasteiger partial charge in [-0.3, -0.25) is 0 Å². The van der Waals surface area contributed by atoms with Gasteiger partial charge < -0.3 is 29.9 Å². The van der Waals surface area contributed by atoms with Gasteiger partial charge in [-0.15, -0.1) is 6.58 Å². The summed E-state index contributed by atoms with van der Waals surface area (Å²) in [5.74, 6) is 0. The summed E-state index contributed by atoms with van der Waals surface area (Å²) in [4.78, 5) is 0. The summed E-state index contributed by atoms with van der Waals surface area (Å²) in [6.45, 7) is 3.63.